The highest BCUT2D eigenvalue weighted by molar-refractivity contribution is 5.38. The molecule has 1 aliphatic heterocycles. The number of benzene rings is 1. The number of anilines is 1. The van der Waals surface area contributed by atoms with Crippen molar-refractivity contribution >= 4 is 5.82 Å². The summed E-state index contributed by atoms with van der Waals surface area (Å²) in [4.78, 5) is 9.37. The lowest BCUT2D eigenvalue weighted by Gasteiger charge is -2.37. The smallest absolute Gasteiger partial charge is 0.128 e. The van der Waals surface area contributed by atoms with Crippen LogP contribution < -0.4 is 4.90 Å². The highest BCUT2D eigenvalue weighted by Gasteiger charge is 2.23. The monoisotopic (exact) mass is 295 g/mol. The van der Waals surface area contributed by atoms with Crippen molar-refractivity contribution in [3.05, 3.63) is 59.8 Å². The summed E-state index contributed by atoms with van der Waals surface area (Å²) in [5, 5.41) is 0. The second-order valence-electron chi connectivity index (χ2n) is 6.30. The fourth-order valence-electron chi connectivity index (χ4n) is 3.28. The molecule has 1 aromatic heterocycles. The number of rotatable bonds is 4. The third-order valence-electron chi connectivity index (χ3n) is 4.60. The molecule has 3 nitrogen and oxygen atoms in total. The fourth-order valence-corrected chi connectivity index (χ4v) is 3.28. The molecule has 0 spiro atoms. The van der Waals surface area contributed by atoms with E-state index in [-0.39, 0.29) is 0 Å². The van der Waals surface area contributed by atoms with Crippen molar-refractivity contribution in [3.8, 4) is 0 Å². The zero-order valence-electron chi connectivity index (χ0n) is 13.6. The Kier molecular flexibility index (Phi) is 4.74. The molecule has 0 atom stereocenters. The van der Waals surface area contributed by atoms with E-state index in [4.69, 9.17) is 0 Å². The van der Waals surface area contributed by atoms with Crippen LogP contribution in [0.25, 0.3) is 0 Å². The predicted molar refractivity (Wildman–Crippen MR) is 92.1 cm³/mol. The van der Waals surface area contributed by atoms with Crippen LogP contribution in [0.4, 0.5) is 5.82 Å². The van der Waals surface area contributed by atoms with E-state index in [1.165, 1.54) is 24.0 Å². The minimum absolute atomic E-state index is 0.601. The summed E-state index contributed by atoms with van der Waals surface area (Å²) < 4.78 is 0. The van der Waals surface area contributed by atoms with E-state index < -0.39 is 0 Å². The molecule has 1 aliphatic rings. The third kappa shape index (κ3) is 3.66. The standard InChI is InChI=1S/C19H25N3/c1-16-6-5-7-17(14-16)15-22-12-9-18(10-13-22)21(2)19-8-3-4-11-20-19/h3-8,11,14,18H,9-10,12-13,15H2,1-2H3. The Morgan fingerprint density at radius 1 is 1.14 bits per heavy atom. The molecular formula is C19H25N3. The first-order chi connectivity index (χ1) is 10.7. The van der Waals surface area contributed by atoms with Crippen LogP contribution in [-0.4, -0.2) is 36.1 Å². The van der Waals surface area contributed by atoms with Crippen LogP contribution in [0, 0.1) is 6.92 Å². The summed E-state index contributed by atoms with van der Waals surface area (Å²) in [7, 11) is 2.17. The average molecular weight is 295 g/mol. The number of likely N-dealkylation sites (tertiary alicyclic amines) is 1. The van der Waals surface area contributed by atoms with E-state index in [1.807, 2.05) is 12.3 Å². The van der Waals surface area contributed by atoms with Crippen LogP contribution in [0.15, 0.2) is 48.7 Å². The van der Waals surface area contributed by atoms with Crippen molar-refractivity contribution < 1.29 is 0 Å². The Hall–Kier alpha value is -1.87. The van der Waals surface area contributed by atoms with Gasteiger partial charge in [-0.25, -0.2) is 4.98 Å². The lowest BCUT2D eigenvalue weighted by Crippen LogP contribution is -2.43. The number of hydrogen-bond donors (Lipinski definition) is 0. The van der Waals surface area contributed by atoms with Gasteiger partial charge in [0.1, 0.15) is 5.82 Å². The lowest BCUT2D eigenvalue weighted by molar-refractivity contribution is 0.203. The van der Waals surface area contributed by atoms with Crippen molar-refractivity contribution in [1.29, 1.82) is 0 Å². The van der Waals surface area contributed by atoms with E-state index in [2.05, 4.69) is 65.2 Å². The van der Waals surface area contributed by atoms with Gasteiger partial charge in [-0.15, -0.1) is 0 Å². The molecule has 0 radical (unpaired) electrons. The molecule has 1 fully saturated rings. The maximum Gasteiger partial charge on any atom is 0.128 e. The predicted octanol–water partition coefficient (Wildman–Crippen LogP) is 3.49. The van der Waals surface area contributed by atoms with E-state index in [0.29, 0.717) is 6.04 Å². The largest absolute Gasteiger partial charge is 0.357 e. The summed E-state index contributed by atoms with van der Waals surface area (Å²) in [6, 6.07) is 15.6. The number of piperidine rings is 1. The Morgan fingerprint density at radius 3 is 2.64 bits per heavy atom. The first-order valence-corrected chi connectivity index (χ1v) is 8.14. The van der Waals surface area contributed by atoms with Gasteiger partial charge in [0, 0.05) is 38.9 Å². The maximum absolute atomic E-state index is 4.46. The minimum atomic E-state index is 0.601. The molecule has 0 unspecified atom stereocenters. The van der Waals surface area contributed by atoms with Gasteiger partial charge in [-0.05, 0) is 37.5 Å². The van der Waals surface area contributed by atoms with Crippen molar-refractivity contribution in [2.75, 3.05) is 25.0 Å². The van der Waals surface area contributed by atoms with Gasteiger partial charge < -0.3 is 4.90 Å². The Morgan fingerprint density at radius 2 is 1.95 bits per heavy atom. The summed E-state index contributed by atoms with van der Waals surface area (Å²) in [6.45, 7) is 5.56. The van der Waals surface area contributed by atoms with Crippen LogP contribution in [0.1, 0.15) is 24.0 Å². The second-order valence-corrected chi connectivity index (χ2v) is 6.30. The zero-order chi connectivity index (χ0) is 15.4. The second kappa shape index (κ2) is 6.93. The molecule has 0 saturated carbocycles. The Bertz CT molecular complexity index is 589. The van der Waals surface area contributed by atoms with E-state index >= 15 is 0 Å². The molecule has 2 heterocycles. The molecule has 0 bridgehead atoms. The average Bonchev–Trinajstić information content (AvgIpc) is 2.56. The number of aryl methyl sites for hydroxylation is 1. The van der Waals surface area contributed by atoms with E-state index in [1.54, 1.807) is 0 Å². The SMILES string of the molecule is Cc1cccc(CN2CCC(N(C)c3ccccn3)CC2)c1. The van der Waals surface area contributed by atoms with Gasteiger partial charge in [0.15, 0.2) is 0 Å². The number of aromatic nitrogens is 1. The number of pyridine rings is 1. The topological polar surface area (TPSA) is 19.4 Å². The summed E-state index contributed by atoms with van der Waals surface area (Å²) >= 11 is 0. The quantitative estimate of drug-likeness (QED) is 0.860. The molecule has 22 heavy (non-hydrogen) atoms. The summed E-state index contributed by atoms with van der Waals surface area (Å²) in [5.74, 6) is 1.08. The normalized spacial score (nSPS) is 16.6. The number of hydrogen-bond acceptors (Lipinski definition) is 3. The van der Waals surface area contributed by atoms with E-state index in [9.17, 15) is 0 Å². The maximum atomic E-state index is 4.46. The van der Waals surface area contributed by atoms with Gasteiger partial charge >= 0.3 is 0 Å². The van der Waals surface area contributed by atoms with Crippen molar-refractivity contribution in [1.82, 2.24) is 9.88 Å². The molecule has 3 heteroatoms. The van der Waals surface area contributed by atoms with Gasteiger partial charge in [0.2, 0.25) is 0 Å². The van der Waals surface area contributed by atoms with Crippen LogP contribution in [0.5, 0.6) is 0 Å². The molecule has 1 aromatic carbocycles. The van der Waals surface area contributed by atoms with Crippen LogP contribution >= 0.6 is 0 Å². The Labute approximate surface area is 133 Å². The van der Waals surface area contributed by atoms with Gasteiger partial charge in [-0.2, -0.15) is 0 Å². The molecule has 1 saturated heterocycles. The molecule has 3 rings (SSSR count). The summed E-state index contributed by atoms with van der Waals surface area (Å²) in [5.41, 5.74) is 2.78. The van der Waals surface area contributed by atoms with Gasteiger partial charge in [0.25, 0.3) is 0 Å². The third-order valence-corrected chi connectivity index (χ3v) is 4.60. The Balaban J connectivity index is 1.54. The molecule has 0 aliphatic carbocycles. The van der Waals surface area contributed by atoms with Gasteiger partial charge in [-0.3, -0.25) is 4.90 Å². The van der Waals surface area contributed by atoms with Crippen LogP contribution in [0.2, 0.25) is 0 Å². The first-order valence-electron chi connectivity index (χ1n) is 8.14. The highest BCUT2D eigenvalue weighted by atomic mass is 15.2. The van der Waals surface area contributed by atoms with Crippen molar-refractivity contribution in [2.45, 2.75) is 32.4 Å². The van der Waals surface area contributed by atoms with Crippen LogP contribution in [0.3, 0.4) is 0 Å². The number of nitrogens with zero attached hydrogens (tertiary/aromatic N) is 3. The fraction of sp³-hybridized carbons (Fsp3) is 0.421. The molecule has 0 N–H and O–H groups in total. The first kappa shape index (κ1) is 15.0. The molecular weight excluding hydrogens is 270 g/mol. The van der Waals surface area contributed by atoms with Crippen molar-refractivity contribution in [3.63, 3.8) is 0 Å². The zero-order valence-corrected chi connectivity index (χ0v) is 13.6. The van der Waals surface area contributed by atoms with E-state index in [0.717, 1.165) is 25.5 Å². The van der Waals surface area contributed by atoms with Gasteiger partial charge in [0.05, 0.1) is 0 Å². The minimum Gasteiger partial charge on any atom is -0.357 e. The van der Waals surface area contributed by atoms with Crippen LogP contribution in [-0.2, 0) is 6.54 Å². The van der Waals surface area contributed by atoms with Gasteiger partial charge in [-0.1, -0.05) is 35.9 Å². The van der Waals surface area contributed by atoms with Crippen molar-refractivity contribution in [2.24, 2.45) is 0 Å². The molecule has 0 amide bonds. The lowest BCUT2D eigenvalue weighted by atomic mass is 10.0. The summed E-state index contributed by atoms with van der Waals surface area (Å²) in [6.07, 6.45) is 4.29. The molecule has 2 aromatic rings. The highest BCUT2D eigenvalue weighted by Crippen LogP contribution is 2.21. The molecule has 116 valence electrons.